The molecule has 1 heterocycles. The van der Waals surface area contributed by atoms with E-state index in [0.29, 0.717) is 11.2 Å². The standard InChI is InChI=1S/C9H12F2N2S/c1-6-5-13(8(14)12-6)7-2-3-9(10,11)4-7/h5,7H,2-4H2,1H3,(H,12,14). The van der Waals surface area contributed by atoms with E-state index in [0.717, 1.165) is 5.69 Å². The van der Waals surface area contributed by atoms with Gasteiger partial charge < -0.3 is 9.55 Å². The van der Waals surface area contributed by atoms with Gasteiger partial charge in [0.05, 0.1) is 0 Å². The van der Waals surface area contributed by atoms with Crippen molar-refractivity contribution in [2.75, 3.05) is 0 Å². The highest BCUT2D eigenvalue weighted by atomic mass is 32.1. The molecule has 2 nitrogen and oxygen atoms in total. The molecule has 0 aromatic carbocycles. The molecule has 1 aromatic rings. The smallest absolute Gasteiger partial charge is 0.250 e. The van der Waals surface area contributed by atoms with Crippen LogP contribution in [0.25, 0.3) is 0 Å². The molecule has 1 saturated carbocycles. The lowest BCUT2D eigenvalue weighted by molar-refractivity contribution is 0.00559. The highest BCUT2D eigenvalue weighted by Gasteiger charge is 2.40. The zero-order valence-corrected chi connectivity index (χ0v) is 8.70. The van der Waals surface area contributed by atoms with E-state index >= 15 is 0 Å². The molecule has 1 aliphatic carbocycles. The predicted molar refractivity (Wildman–Crippen MR) is 52.2 cm³/mol. The SMILES string of the molecule is Cc1cn(C2CCC(F)(F)C2)c(=S)[nH]1. The van der Waals surface area contributed by atoms with Gasteiger partial charge in [-0.15, -0.1) is 0 Å². The van der Waals surface area contributed by atoms with Crippen LogP contribution in [0.1, 0.15) is 31.0 Å². The summed E-state index contributed by atoms with van der Waals surface area (Å²) < 4.78 is 28.2. The Hall–Kier alpha value is -0.710. The molecular weight excluding hydrogens is 206 g/mol. The third kappa shape index (κ3) is 1.73. The monoisotopic (exact) mass is 218 g/mol. The summed E-state index contributed by atoms with van der Waals surface area (Å²) in [7, 11) is 0. The van der Waals surface area contributed by atoms with Crippen LogP contribution in [-0.4, -0.2) is 15.5 Å². The maximum atomic E-state index is 13.0. The fraction of sp³-hybridized carbons (Fsp3) is 0.667. The van der Waals surface area contributed by atoms with Gasteiger partial charge in [0.1, 0.15) is 0 Å². The van der Waals surface area contributed by atoms with Gasteiger partial charge >= 0.3 is 0 Å². The van der Waals surface area contributed by atoms with Crippen molar-refractivity contribution < 1.29 is 8.78 Å². The molecule has 1 N–H and O–H groups in total. The highest BCUT2D eigenvalue weighted by molar-refractivity contribution is 7.71. The first-order valence-corrected chi connectivity index (χ1v) is 5.04. The van der Waals surface area contributed by atoms with E-state index in [4.69, 9.17) is 12.2 Å². The number of aromatic amines is 1. The second kappa shape index (κ2) is 3.15. The molecule has 0 aliphatic heterocycles. The number of hydrogen-bond donors (Lipinski definition) is 1. The van der Waals surface area contributed by atoms with Crippen molar-refractivity contribution in [3.05, 3.63) is 16.7 Å². The lowest BCUT2D eigenvalue weighted by atomic mass is 10.2. The van der Waals surface area contributed by atoms with Crippen LogP contribution in [-0.2, 0) is 0 Å². The van der Waals surface area contributed by atoms with Crippen LogP contribution < -0.4 is 0 Å². The Morgan fingerprint density at radius 3 is 2.79 bits per heavy atom. The van der Waals surface area contributed by atoms with Crippen molar-refractivity contribution in [3.8, 4) is 0 Å². The summed E-state index contributed by atoms with van der Waals surface area (Å²) in [6.07, 6.45) is 2.22. The third-order valence-electron chi connectivity index (χ3n) is 2.64. The first kappa shape index (κ1) is 9.83. The molecule has 1 fully saturated rings. The summed E-state index contributed by atoms with van der Waals surface area (Å²) in [5, 5.41) is 0. The van der Waals surface area contributed by atoms with Crippen molar-refractivity contribution in [3.63, 3.8) is 0 Å². The van der Waals surface area contributed by atoms with Crippen molar-refractivity contribution in [2.24, 2.45) is 0 Å². The van der Waals surface area contributed by atoms with Crippen LogP contribution in [0.3, 0.4) is 0 Å². The van der Waals surface area contributed by atoms with Gasteiger partial charge in [0.25, 0.3) is 0 Å². The number of hydrogen-bond acceptors (Lipinski definition) is 1. The number of rotatable bonds is 1. The Morgan fingerprint density at radius 2 is 2.36 bits per heavy atom. The van der Waals surface area contributed by atoms with Crippen molar-refractivity contribution >= 4 is 12.2 Å². The summed E-state index contributed by atoms with van der Waals surface area (Å²) in [5.41, 5.74) is 0.921. The van der Waals surface area contributed by atoms with Gasteiger partial charge in [-0.3, -0.25) is 0 Å². The molecule has 0 saturated heterocycles. The van der Waals surface area contributed by atoms with Gasteiger partial charge in [0.2, 0.25) is 5.92 Å². The molecular formula is C9H12F2N2S. The molecule has 1 atom stereocenters. The Kier molecular flexibility index (Phi) is 2.21. The van der Waals surface area contributed by atoms with E-state index in [9.17, 15) is 8.78 Å². The molecule has 0 amide bonds. The van der Waals surface area contributed by atoms with Crippen molar-refractivity contribution in [1.29, 1.82) is 0 Å². The first-order valence-electron chi connectivity index (χ1n) is 4.63. The first-order chi connectivity index (χ1) is 6.48. The van der Waals surface area contributed by atoms with Gasteiger partial charge in [-0.1, -0.05) is 0 Å². The fourth-order valence-electron chi connectivity index (χ4n) is 1.97. The molecule has 1 aromatic heterocycles. The summed E-state index contributed by atoms with van der Waals surface area (Å²) in [6, 6.07) is -0.137. The van der Waals surface area contributed by atoms with E-state index in [-0.39, 0.29) is 18.9 Å². The minimum absolute atomic E-state index is 0.0241. The summed E-state index contributed by atoms with van der Waals surface area (Å²) in [5.74, 6) is -2.51. The molecule has 78 valence electrons. The van der Waals surface area contributed by atoms with E-state index in [1.165, 1.54) is 0 Å². The minimum atomic E-state index is -2.51. The van der Waals surface area contributed by atoms with Gasteiger partial charge in [-0.05, 0) is 25.6 Å². The van der Waals surface area contributed by atoms with Crippen LogP contribution >= 0.6 is 12.2 Å². The van der Waals surface area contributed by atoms with E-state index in [1.807, 2.05) is 13.1 Å². The van der Waals surface area contributed by atoms with Crippen LogP contribution in [0.5, 0.6) is 0 Å². The fourth-order valence-corrected chi connectivity index (χ4v) is 2.33. The second-order valence-electron chi connectivity index (χ2n) is 3.90. The number of aryl methyl sites for hydroxylation is 1. The Labute approximate surface area is 85.9 Å². The Morgan fingerprint density at radius 1 is 1.64 bits per heavy atom. The normalized spacial score (nSPS) is 25.5. The third-order valence-corrected chi connectivity index (χ3v) is 2.96. The minimum Gasteiger partial charge on any atom is -0.335 e. The summed E-state index contributed by atoms with van der Waals surface area (Å²) >= 11 is 5.05. The number of nitrogens with zero attached hydrogens (tertiary/aromatic N) is 1. The predicted octanol–water partition coefficient (Wildman–Crippen LogP) is 3.21. The zero-order chi connectivity index (χ0) is 10.3. The number of nitrogens with one attached hydrogen (secondary N) is 1. The van der Waals surface area contributed by atoms with Crippen LogP contribution in [0.15, 0.2) is 6.20 Å². The van der Waals surface area contributed by atoms with Crippen LogP contribution in [0, 0.1) is 11.7 Å². The van der Waals surface area contributed by atoms with Gasteiger partial charge in [-0.25, -0.2) is 8.78 Å². The Balaban J connectivity index is 2.26. The number of halogens is 2. The molecule has 5 heteroatoms. The number of H-pyrrole nitrogens is 1. The summed E-state index contributed by atoms with van der Waals surface area (Å²) in [4.78, 5) is 2.94. The van der Waals surface area contributed by atoms with Gasteiger partial charge in [0, 0.05) is 30.8 Å². The lowest BCUT2D eigenvalue weighted by Gasteiger charge is -2.11. The van der Waals surface area contributed by atoms with Gasteiger partial charge in [-0.2, -0.15) is 0 Å². The molecule has 1 aliphatic rings. The highest BCUT2D eigenvalue weighted by Crippen LogP contribution is 2.41. The van der Waals surface area contributed by atoms with Crippen molar-refractivity contribution in [2.45, 2.75) is 38.2 Å². The Bertz CT molecular complexity index is 394. The average Bonchev–Trinajstić information content (AvgIpc) is 2.55. The summed E-state index contributed by atoms with van der Waals surface area (Å²) in [6.45, 7) is 1.87. The van der Waals surface area contributed by atoms with Crippen LogP contribution in [0.4, 0.5) is 8.78 Å². The molecule has 0 bridgehead atoms. The van der Waals surface area contributed by atoms with Gasteiger partial charge in [0.15, 0.2) is 4.77 Å². The average molecular weight is 218 g/mol. The largest absolute Gasteiger partial charge is 0.335 e. The molecule has 2 rings (SSSR count). The molecule has 0 radical (unpaired) electrons. The van der Waals surface area contributed by atoms with Crippen LogP contribution in [0.2, 0.25) is 0 Å². The maximum Gasteiger partial charge on any atom is 0.250 e. The zero-order valence-electron chi connectivity index (χ0n) is 7.89. The topological polar surface area (TPSA) is 20.7 Å². The van der Waals surface area contributed by atoms with Crippen molar-refractivity contribution in [1.82, 2.24) is 9.55 Å². The maximum absolute atomic E-state index is 13.0. The second-order valence-corrected chi connectivity index (χ2v) is 4.29. The van der Waals surface area contributed by atoms with E-state index in [1.54, 1.807) is 4.57 Å². The van der Waals surface area contributed by atoms with E-state index in [2.05, 4.69) is 4.98 Å². The molecule has 1 unspecified atom stereocenters. The molecule has 0 spiro atoms. The number of alkyl halides is 2. The quantitative estimate of drug-likeness (QED) is 0.718. The van der Waals surface area contributed by atoms with E-state index < -0.39 is 5.92 Å². The molecule has 14 heavy (non-hydrogen) atoms. The number of imidazole rings is 1. The number of aromatic nitrogens is 2. The lowest BCUT2D eigenvalue weighted by Crippen LogP contribution is -2.11.